The summed E-state index contributed by atoms with van der Waals surface area (Å²) in [6, 6.07) is 11.0. The summed E-state index contributed by atoms with van der Waals surface area (Å²) >= 11 is 0. The van der Waals surface area contributed by atoms with Crippen LogP contribution in [0.2, 0.25) is 0 Å². The van der Waals surface area contributed by atoms with Crippen molar-refractivity contribution in [3.8, 4) is 5.75 Å². The molecular weight excluding hydrogens is 383 g/mol. The van der Waals surface area contributed by atoms with Gasteiger partial charge in [-0.1, -0.05) is 25.1 Å². The first-order valence-electron chi connectivity index (χ1n) is 9.24. The number of amides is 1. The lowest BCUT2D eigenvalue weighted by Crippen LogP contribution is -2.28. The molecule has 154 valence electrons. The quantitative estimate of drug-likeness (QED) is 0.755. The largest absolute Gasteiger partial charge is 0.573 e. The number of ether oxygens (including phenoxy) is 2. The maximum absolute atomic E-state index is 12.4. The highest BCUT2D eigenvalue weighted by Gasteiger charge is 2.31. The third kappa shape index (κ3) is 5.31. The van der Waals surface area contributed by atoms with Gasteiger partial charge in [-0.25, -0.2) is 0 Å². The lowest BCUT2D eigenvalue weighted by molar-refractivity contribution is -0.274. The number of halogens is 3. The number of methoxy groups -OCH3 is 1. The minimum Gasteiger partial charge on any atom is -0.501 e. The molecule has 3 rings (SSSR count). The predicted octanol–water partition coefficient (Wildman–Crippen LogP) is 4.75. The Labute approximate surface area is 167 Å². The molecule has 1 atom stereocenters. The van der Waals surface area contributed by atoms with Gasteiger partial charge in [-0.15, -0.1) is 13.2 Å². The Morgan fingerprint density at radius 1 is 1.17 bits per heavy atom. The zero-order valence-electron chi connectivity index (χ0n) is 16.2. The van der Waals surface area contributed by atoms with Crippen LogP contribution < -0.4 is 10.1 Å². The number of allylic oxidation sites excluding steroid dienone is 2. The van der Waals surface area contributed by atoms with Crippen LogP contribution in [0, 0.1) is 0 Å². The van der Waals surface area contributed by atoms with Crippen molar-refractivity contribution in [1.82, 2.24) is 5.32 Å². The van der Waals surface area contributed by atoms with Crippen molar-refractivity contribution in [1.29, 1.82) is 0 Å². The molecule has 0 aromatic heterocycles. The first-order valence-corrected chi connectivity index (χ1v) is 9.24. The smallest absolute Gasteiger partial charge is 0.501 e. The van der Waals surface area contributed by atoms with Crippen molar-refractivity contribution >= 4 is 5.91 Å². The zero-order chi connectivity index (χ0) is 21.0. The van der Waals surface area contributed by atoms with Gasteiger partial charge in [-0.2, -0.15) is 0 Å². The Balaban J connectivity index is 1.63. The Morgan fingerprint density at radius 3 is 2.55 bits per heavy atom. The fourth-order valence-electron chi connectivity index (χ4n) is 3.41. The van der Waals surface area contributed by atoms with Crippen LogP contribution in [0.4, 0.5) is 13.2 Å². The Bertz CT molecular complexity index is 905. The number of hydrogen-bond donors (Lipinski definition) is 1. The first kappa shape index (κ1) is 20.8. The molecule has 0 saturated carbocycles. The van der Waals surface area contributed by atoms with Gasteiger partial charge >= 0.3 is 6.36 Å². The van der Waals surface area contributed by atoms with Crippen LogP contribution >= 0.6 is 0 Å². The highest BCUT2D eigenvalue weighted by Crippen LogP contribution is 2.29. The molecule has 1 aliphatic rings. The molecule has 1 aliphatic carbocycles. The molecular formula is C22H22F3NO3. The second-order valence-corrected chi connectivity index (χ2v) is 6.92. The fourth-order valence-corrected chi connectivity index (χ4v) is 3.41. The molecule has 1 amide bonds. The van der Waals surface area contributed by atoms with E-state index in [1.807, 2.05) is 13.0 Å². The molecule has 0 bridgehead atoms. The second kappa shape index (κ2) is 8.59. The van der Waals surface area contributed by atoms with Gasteiger partial charge in [-0.05, 0) is 59.4 Å². The lowest BCUT2D eigenvalue weighted by Gasteiger charge is -2.23. The van der Waals surface area contributed by atoms with Crippen molar-refractivity contribution in [3.05, 3.63) is 76.6 Å². The minimum absolute atomic E-state index is 0.0675. The third-order valence-electron chi connectivity index (χ3n) is 4.92. The Kier molecular flexibility index (Phi) is 6.15. The molecule has 2 aromatic rings. The van der Waals surface area contributed by atoms with Crippen LogP contribution in [0.25, 0.3) is 0 Å². The lowest BCUT2D eigenvalue weighted by atomic mass is 9.86. The van der Waals surface area contributed by atoms with Crippen molar-refractivity contribution in [2.24, 2.45) is 0 Å². The van der Waals surface area contributed by atoms with Gasteiger partial charge in [0.1, 0.15) is 5.75 Å². The standard InChI is InChI=1S/C22H22F3NO3/c1-14(19-5-3-4-15-6-11-18(28-2)12-20(15)19)13-26-21(27)16-7-9-17(10-8-16)29-22(23,24)25/h3-5,7-11,14H,6,12-13H2,1-2H3,(H,26,27). The summed E-state index contributed by atoms with van der Waals surface area (Å²) in [6.45, 7) is 2.43. The highest BCUT2D eigenvalue weighted by atomic mass is 19.4. The summed E-state index contributed by atoms with van der Waals surface area (Å²) in [5, 5.41) is 2.85. The summed E-state index contributed by atoms with van der Waals surface area (Å²) in [7, 11) is 1.66. The summed E-state index contributed by atoms with van der Waals surface area (Å²) in [4.78, 5) is 12.4. The summed E-state index contributed by atoms with van der Waals surface area (Å²) in [6.07, 6.45) is -1.14. The van der Waals surface area contributed by atoms with Crippen LogP contribution in [-0.2, 0) is 17.6 Å². The van der Waals surface area contributed by atoms with Crippen LogP contribution in [0.1, 0.15) is 39.9 Å². The highest BCUT2D eigenvalue weighted by molar-refractivity contribution is 5.94. The molecule has 0 spiro atoms. The summed E-state index contributed by atoms with van der Waals surface area (Å²) in [5.41, 5.74) is 3.90. The average molecular weight is 405 g/mol. The molecule has 0 aliphatic heterocycles. The van der Waals surface area contributed by atoms with E-state index in [0.717, 1.165) is 36.3 Å². The van der Waals surface area contributed by atoms with E-state index in [9.17, 15) is 18.0 Å². The number of hydrogen-bond acceptors (Lipinski definition) is 3. The first-order chi connectivity index (χ1) is 13.8. The van der Waals surface area contributed by atoms with Crippen LogP contribution in [0.15, 0.2) is 54.3 Å². The van der Waals surface area contributed by atoms with Crippen molar-refractivity contribution in [3.63, 3.8) is 0 Å². The molecule has 1 N–H and O–H groups in total. The maximum atomic E-state index is 12.4. The zero-order valence-corrected chi connectivity index (χ0v) is 16.2. The van der Waals surface area contributed by atoms with Gasteiger partial charge in [0, 0.05) is 18.5 Å². The van der Waals surface area contributed by atoms with Crippen molar-refractivity contribution in [2.45, 2.75) is 32.0 Å². The summed E-state index contributed by atoms with van der Waals surface area (Å²) < 4.78 is 45.9. The van der Waals surface area contributed by atoms with Gasteiger partial charge in [0.25, 0.3) is 5.91 Å². The van der Waals surface area contributed by atoms with Crippen molar-refractivity contribution in [2.75, 3.05) is 13.7 Å². The van der Waals surface area contributed by atoms with Gasteiger partial charge in [-0.3, -0.25) is 4.79 Å². The van der Waals surface area contributed by atoms with E-state index >= 15 is 0 Å². The number of fused-ring (bicyclic) bond motifs is 1. The van der Waals surface area contributed by atoms with Crippen LogP contribution in [0.5, 0.6) is 5.75 Å². The molecule has 0 heterocycles. The normalized spacial score (nSPS) is 14.4. The van der Waals surface area contributed by atoms with E-state index in [4.69, 9.17) is 4.74 Å². The molecule has 7 heteroatoms. The average Bonchev–Trinajstić information content (AvgIpc) is 2.70. The van der Waals surface area contributed by atoms with Crippen LogP contribution in [-0.4, -0.2) is 25.9 Å². The number of carbonyl (C=O) groups excluding carboxylic acids is 1. The number of alkyl halides is 3. The molecule has 0 radical (unpaired) electrons. The van der Waals surface area contributed by atoms with E-state index in [0.29, 0.717) is 6.54 Å². The monoisotopic (exact) mass is 405 g/mol. The van der Waals surface area contributed by atoms with Gasteiger partial charge in [0.05, 0.1) is 12.9 Å². The minimum atomic E-state index is -4.76. The number of benzene rings is 2. The van der Waals surface area contributed by atoms with Gasteiger partial charge < -0.3 is 14.8 Å². The van der Waals surface area contributed by atoms with E-state index in [1.54, 1.807) is 7.11 Å². The van der Waals surface area contributed by atoms with Crippen LogP contribution in [0.3, 0.4) is 0 Å². The van der Waals surface area contributed by atoms with Gasteiger partial charge in [0.15, 0.2) is 0 Å². The number of carbonyl (C=O) groups is 1. The Hall–Kier alpha value is -2.96. The Morgan fingerprint density at radius 2 is 1.90 bits per heavy atom. The summed E-state index contributed by atoms with van der Waals surface area (Å²) in [5.74, 6) is 0.290. The SMILES string of the molecule is COC1=CCc2cccc(C(C)CNC(=O)c3ccc(OC(F)(F)F)cc3)c2C1. The molecule has 4 nitrogen and oxygen atoms in total. The maximum Gasteiger partial charge on any atom is 0.573 e. The number of nitrogens with one attached hydrogen (secondary N) is 1. The third-order valence-corrected chi connectivity index (χ3v) is 4.92. The number of rotatable bonds is 6. The topological polar surface area (TPSA) is 47.6 Å². The van der Waals surface area contributed by atoms with E-state index in [2.05, 4.69) is 28.3 Å². The van der Waals surface area contributed by atoms with E-state index in [1.165, 1.54) is 23.3 Å². The van der Waals surface area contributed by atoms with Crippen molar-refractivity contribution < 1.29 is 27.4 Å². The predicted molar refractivity (Wildman–Crippen MR) is 103 cm³/mol. The van der Waals surface area contributed by atoms with E-state index < -0.39 is 6.36 Å². The molecule has 1 unspecified atom stereocenters. The molecule has 0 saturated heterocycles. The fraction of sp³-hybridized carbons (Fsp3) is 0.318. The molecule has 2 aromatic carbocycles. The molecule has 29 heavy (non-hydrogen) atoms. The van der Waals surface area contributed by atoms with E-state index in [-0.39, 0.29) is 23.1 Å². The van der Waals surface area contributed by atoms with Gasteiger partial charge in [0.2, 0.25) is 0 Å². The second-order valence-electron chi connectivity index (χ2n) is 6.92. The molecule has 0 fully saturated rings.